The summed E-state index contributed by atoms with van der Waals surface area (Å²) in [5.41, 5.74) is 0. The maximum atomic E-state index is 10.9. The second-order valence-corrected chi connectivity index (χ2v) is 6.27. The number of nitrogens with one attached hydrogen (secondary N) is 1. The minimum absolute atomic E-state index is 0.428. The molecule has 2 atom stereocenters. The van der Waals surface area contributed by atoms with E-state index in [1.165, 1.54) is 0 Å². The van der Waals surface area contributed by atoms with Crippen LogP contribution in [-0.2, 0) is 15.5 Å². The van der Waals surface area contributed by atoms with Gasteiger partial charge in [0.2, 0.25) is 0 Å². The van der Waals surface area contributed by atoms with Gasteiger partial charge in [-0.05, 0) is 25.7 Å². The van der Waals surface area contributed by atoms with Gasteiger partial charge >= 0.3 is 0 Å². The smallest absolute Gasteiger partial charge is 0.0591 e. The highest BCUT2D eigenvalue weighted by molar-refractivity contribution is 7.84. The number of rotatable bonds is 10. The Morgan fingerprint density at radius 3 is 2.44 bits per heavy atom. The first-order valence-corrected chi connectivity index (χ1v) is 7.86. The van der Waals surface area contributed by atoms with Gasteiger partial charge < -0.3 is 10.1 Å². The summed E-state index contributed by atoms with van der Waals surface area (Å²) < 4.78 is 16.4. The average Bonchev–Trinajstić information content (AvgIpc) is 2.19. The van der Waals surface area contributed by atoms with E-state index < -0.39 is 10.8 Å². The Balaban J connectivity index is 3.21. The summed E-state index contributed by atoms with van der Waals surface area (Å²) in [6.07, 6.45) is 3.85. The molecule has 0 bridgehead atoms. The van der Waals surface area contributed by atoms with Gasteiger partial charge in [0.25, 0.3) is 0 Å². The monoisotopic (exact) mass is 249 g/mol. The van der Waals surface area contributed by atoms with Crippen molar-refractivity contribution in [2.75, 3.05) is 31.8 Å². The largest absolute Gasteiger partial charge is 0.380 e. The normalized spacial score (nSPS) is 15.3. The van der Waals surface area contributed by atoms with Gasteiger partial charge in [-0.15, -0.1) is 0 Å². The number of hydrogen-bond acceptors (Lipinski definition) is 3. The molecule has 0 aliphatic carbocycles. The molecule has 0 aromatic carbocycles. The Morgan fingerprint density at radius 1 is 1.19 bits per heavy atom. The molecule has 0 heterocycles. The van der Waals surface area contributed by atoms with E-state index >= 15 is 0 Å². The molecule has 0 spiro atoms. The van der Waals surface area contributed by atoms with E-state index in [0.717, 1.165) is 38.4 Å². The van der Waals surface area contributed by atoms with Crippen LogP contribution < -0.4 is 5.32 Å². The van der Waals surface area contributed by atoms with Crippen molar-refractivity contribution < 1.29 is 8.95 Å². The summed E-state index contributed by atoms with van der Waals surface area (Å²) in [6, 6.07) is 0.428. The minimum atomic E-state index is -0.673. The van der Waals surface area contributed by atoms with Crippen LogP contribution in [0.15, 0.2) is 0 Å². The topological polar surface area (TPSA) is 38.3 Å². The van der Waals surface area contributed by atoms with Crippen LogP contribution in [0.4, 0.5) is 0 Å². The summed E-state index contributed by atoms with van der Waals surface area (Å²) >= 11 is 0. The van der Waals surface area contributed by atoms with E-state index in [4.69, 9.17) is 4.74 Å². The van der Waals surface area contributed by atoms with Crippen molar-refractivity contribution in [1.82, 2.24) is 5.32 Å². The van der Waals surface area contributed by atoms with Crippen molar-refractivity contribution >= 4 is 10.8 Å². The highest BCUT2D eigenvalue weighted by Gasteiger charge is 2.02. The van der Waals surface area contributed by atoms with Crippen LogP contribution in [-0.4, -0.2) is 42.0 Å². The van der Waals surface area contributed by atoms with E-state index in [-0.39, 0.29) is 0 Å². The first-order valence-electron chi connectivity index (χ1n) is 6.13. The average molecular weight is 249 g/mol. The molecule has 4 heteroatoms. The van der Waals surface area contributed by atoms with E-state index in [1.807, 2.05) is 0 Å². The van der Waals surface area contributed by atoms with Crippen molar-refractivity contribution in [2.45, 2.75) is 39.7 Å². The van der Waals surface area contributed by atoms with E-state index in [1.54, 1.807) is 6.26 Å². The fourth-order valence-corrected chi connectivity index (χ4v) is 1.93. The van der Waals surface area contributed by atoms with Crippen LogP contribution in [0.1, 0.15) is 33.6 Å². The molecule has 0 radical (unpaired) electrons. The third-order valence-electron chi connectivity index (χ3n) is 2.42. The molecule has 0 fully saturated rings. The molecule has 0 aromatic heterocycles. The molecule has 98 valence electrons. The van der Waals surface area contributed by atoms with Gasteiger partial charge in [-0.3, -0.25) is 4.21 Å². The van der Waals surface area contributed by atoms with Crippen molar-refractivity contribution in [3.05, 3.63) is 0 Å². The molecule has 16 heavy (non-hydrogen) atoms. The summed E-state index contributed by atoms with van der Waals surface area (Å²) in [5.74, 6) is 1.49. The lowest BCUT2D eigenvalue weighted by molar-refractivity contribution is 0.123. The molecule has 0 aliphatic heterocycles. The van der Waals surface area contributed by atoms with E-state index in [2.05, 4.69) is 26.1 Å². The molecule has 0 saturated carbocycles. The first-order chi connectivity index (χ1) is 7.52. The van der Waals surface area contributed by atoms with Crippen LogP contribution >= 0.6 is 0 Å². The fourth-order valence-electron chi connectivity index (χ4n) is 1.24. The predicted octanol–water partition coefficient (Wildman–Crippen LogP) is 1.80. The zero-order valence-corrected chi connectivity index (χ0v) is 11.9. The lowest BCUT2D eigenvalue weighted by Gasteiger charge is -2.13. The molecule has 0 saturated heterocycles. The quantitative estimate of drug-likeness (QED) is 0.600. The zero-order valence-electron chi connectivity index (χ0n) is 11.1. The SMILES string of the molecule is CC(C)CCOCCNC(C)CCS(C)=O. The summed E-state index contributed by atoms with van der Waals surface area (Å²) in [7, 11) is -0.673. The summed E-state index contributed by atoms with van der Waals surface area (Å²) in [5, 5.41) is 3.37. The fraction of sp³-hybridized carbons (Fsp3) is 1.00. The Labute approximate surface area is 103 Å². The summed E-state index contributed by atoms with van der Waals surface area (Å²) in [6.45, 7) is 9.04. The Bertz CT molecular complexity index is 186. The first kappa shape index (κ1) is 16.1. The molecule has 0 aromatic rings. The van der Waals surface area contributed by atoms with Crippen LogP contribution in [0, 0.1) is 5.92 Å². The molecule has 0 rings (SSSR count). The second kappa shape index (κ2) is 10.2. The molecule has 1 N–H and O–H groups in total. The number of hydrogen-bond donors (Lipinski definition) is 1. The maximum absolute atomic E-state index is 10.9. The van der Waals surface area contributed by atoms with Gasteiger partial charge in [-0.1, -0.05) is 13.8 Å². The highest BCUT2D eigenvalue weighted by Crippen LogP contribution is 1.98. The number of ether oxygens (including phenoxy) is 1. The van der Waals surface area contributed by atoms with Crippen LogP contribution in [0.3, 0.4) is 0 Å². The van der Waals surface area contributed by atoms with Crippen LogP contribution in [0.2, 0.25) is 0 Å². The van der Waals surface area contributed by atoms with Gasteiger partial charge in [0, 0.05) is 42.0 Å². The maximum Gasteiger partial charge on any atom is 0.0591 e. The van der Waals surface area contributed by atoms with Crippen molar-refractivity contribution in [3.8, 4) is 0 Å². The van der Waals surface area contributed by atoms with Crippen LogP contribution in [0.25, 0.3) is 0 Å². The van der Waals surface area contributed by atoms with Gasteiger partial charge in [-0.2, -0.15) is 0 Å². The molecular weight excluding hydrogens is 222 g/mol. The molecule has 3 nitrogen and oxygen atoms in total. The molecular formula is C12H27NO2S. The van der Waals surface area contributed by atoms with Gasteiger partial charge in [0.1, 0.15) is 0 Å². The third kappa shape index (κ3) is 12.1. The lowest BCUT2D eigenvalue weighted by Crippen LogP contribution is -2.30. The van der Waals surface area contributed by atoms with Gasteiger partial charge in [0.05, 0.1) is 6.61 Å². The summed E-state index contributed by atoms with van der Waals surface area (Å²) in [4.78, 5) is 0. The lowest BCUT2D eigenvalue weighted by atomic mass is 10.1. The zero-order chi connectivity index (χ0) is 12.4. The highest BCUT2D eigenvalue weighted by atomic mass is 32.2. The van der Waals surface area contributed by atoms with Gasteiger partial charge in [0.15, 0.2) is 0 Å². The van der Waals surface area contributed by atoms with Crippen molar-refractivity contribution in [3.63, 3.8) is 0 Å². The minimum Gasteiger partial charge on any atom is -0.380 e. The second-order valence-electron chi connectivity index (χ2n) is 4.72. The molecule has 2 unspecified atom stereocenters. The Morgan fingerprint density at radius 2 is 1.88 bits per heavy atom. The third-order valence-corrected chi connectivity index (χ3v) is 3.23. The van der Waals surface area contributed by atoms with Crippen molar-refractivity contribution in [2.24, 2.45) is 5.92 Å². The Hall–Kier alpha value is 0.0700. The van der Waals surface area contributed by atoms with Crippen molar-refractivity contribution in [1.29, 1.82) is 0 Å². The van der Waals surface area contributed by atoms with E-state index in [0.29, 0.717) is 12.0 Å². The van der Waals surface area contributed by atoms with Crippen LogP contribution in [0.5, 0.6) is 0 Å². The van der Waals surface area contributed by atoms with Gasteiger partial charge in [-0.25, -0.2) is 0 Å². The molecule has 0 aliphatic rings. The predicted molar refractivity (Wildman–Crippen MR) is 71.3 cm³/mol. The van der Waals surface area contributed by atoms with E-state index in [9.17, 15) is 4.21 Å². The Kier molecular flexibility index (Phi) is 10.3. The standard InChI is InChI=1S/C12H27NO2S/c1-11(2)5-8-15-9-7-13-12(3)6-10-16(4)14/h11-13H,5-10H2,1-4H3. The molecule has 0 amide bonds.